The smallest absolute Gasteiger partial charge is 0.333 e. The molecule has 226 valence electrons. The summed E-state index contributed by atoms with van der Waals surface area (Å²) in [4.78, 5) is 44.2. The number of carbonyl (C=O) groups is 3. The first-order valence-corrected chi connectivity index (χ1v) is 15.9. The molecule has 9 heteroatoms. The first kappa shape index (κ1) is 36.2. The van der Waals surface area contributed by atoms with E-state index in [1.54, 1.807) is 36.3 Å². The molecule has 41 heavy (non-hydrogen) atoms. The van der Waals surface area contributed by atoms with Crippen molar-refractivity contribution in [3.8, 4) is 17.6 Å². The number of ether oxygens (including phenoxy) is 2. The molecule has 0 aliphatic carbocycles. The zero-order chi connectivity index (χ0) is 31.2. The van der Waals surface area contributed by atoms with Crippen LogP contribution in [0.1, 0.15) is 90.3 Å². The van der Waals surface area contributed by atoms with Gasteiger partial charge >= 0.3 is 17.8 Å². The lowest BCUT2D eigenvalue weighted by Crippen LogP contribution is -2.55. The number of nitrogens with zero attached hydrogens (tertiary/aromatic N) is 2. The molecule has 1 aromatic heterocycles. The number of thiophene rings is 1. The van der Waals surface area contributed by atoms with Crippen molar-refractivity contribution in [1.29, 1.82) is 0 Å². The number of hydrogen-bond donors (Lipinski definition) is 0. The second kappa shape index (κ2) is 17.9. The van der Waals surface area contributed by atoms with Gasteiger partial charge < -0.3 is 19.3 Å². The lowest BCUT2D eigenvalue weighted by atomic mass is 9.92. The second-order valence-corrected chi connectivity index (χ2v) is 11.4. The Labute approximate surface area is 258 Å². The summed E-state index contributed by atoms with van der Waals surface area (Å²) < 4.78 is 11.4. The van der Waals surface area contributed by atoms with Crippen molar-refractivity contribution >= 4 is 45.1 Å². The van der Waals surface area contributed by atoms with Crippen molar-refractivity contribution in [2.24, 2.45) is 0 Å². The van der Waals surface area contributed by atoms with Crippen LogP contribution in [0.2, 0.25) is 0 Å². The molecule has 2 amide bonds. The maximum absolute atomic E-state index is 13.6. The van der Waals surface area contributed by atoms with Gasteiger partial charge in [-0.1, -0.05) is 45.6 Å². The van der Waals surface area contributed by atoms with Crippen LogP contribution in [0.25, 0.3) is 0 Å². The lowest BCUT2D eigenvalue weighted by molar-refractivity contribution is -0.162. The Balaban J connectivity index is 0.00000201. The summed E-state index contributed by atoms with van der Waals surface area (Å²) in [5, 5.41) is 1.98. The maximum Gasteiger partial charge on any atom is 0.333 e. The summed E-state index contributed by atoms with van der Waals surface area (Å²) in [6.07, 6.45) is 1.72. The number of halogens is 1. The summed E-state index contributed by atoms with van der Waals surface area (Å²) in [7, 11) is 1.57. The van der Waals surface area contributed by atoms with Gasteiger partial charge in [-0.25, -0.2) is 4.79 Å². The molecule has 2 heterocycles. The van der Waals surface area contributed by atoms with Gasteiger partial charge in [-0.3, -0.25) is 9.59 Å². The Hall–Kier alpha value is -2.83. The number of esters is 1. The number of carbonyl (C=O) groups excluding carboxylic acids is 3. The van der Waals surface area contributed by atoms with E-state index in [-0.39, 0.29) is 13.2 Å². The van der Waals surface area contributed by atoms with Crippen LogP contribution in [0.5, 0.6) is 5.75 Å². The average molecular weight is 650 g/mol. The average Bonchev–Trinajstić information content (AvgIpc) is 3.48. The van der Waals surface area contributed by atoms with E-state index < -0.39 is 29.4 Å². The Morgan fingerprint density at radius 2 is 1.85 bits per heavy atom. The molecule has 0 bridgehead atoms. The molecule has 0 radical (unpaired) electrons. The minimum atomic E-state index is -1.01. The van der Waals surface area contributed by atoms with Crippen LogP contribution in [-0.4, -0.2) is 59.9 Å². The van der Waals surface area contributed by atoms with Crippen molar-refractivity contribution in [2.45, 2.75) is 86.2 Å². The fourth-order valence-electron chi connectivity index (χ4n) is 4.28. The van der Waals surface area contributed by atoms with E-state index in [2.05, 4.69) is 27.8 Å². The molecule has 1 aliphatic heterocycles. The molecule has 2 aromatic rings. The third kappa shape index (κ3) is 9.89. The van der Waals surface area contributed by atoms with Gasteiger partial charge in [-0.15, -0.1) is 11.3 Å². The van der Waals surface area contributed by atoms with E-state index >= 15 is 0 Å². The summed E-state index contributed by atoms with van der Waals surface area (Å²) in [6.45, 7) is 16.2. The molecule has 0 saturated heterocycles. The fourth-order valence-corrected chi connectivity index (χ4v) is 5.39. The van der Waals surface area contributed by atoms with Gasteiger partial charge in [0.1, 0.15) is 5.75 Å². The molecule has 1 aromatic carbocycles. The minimum absolute atomic E-state index is 0.165. The van der Waals surface area contributed by atoms with Gasteiger partial charge in [0, 0.05) is 25.0 Å². The molecule has 0 spiro atoms. The lowest BCUT2D eigenvalue weighted by Gasteiger charge is -2.39. The van der Waals surface area contributed by atoms with Gasteiger partial charge in [0.25, 0.3) is 0 Å². The molecule has 1 aliphatic rings. The molecule has 0 N–H and O–H groups in total. The summed E-state index contributed by atoms with van der Waals surface area (Å²) >= 11 is 5.06. The molecular formula is C32H45BrN2O5S. The third-order valence-electron chi connectivity index (χ3n) is 6.07. The van der Waals surface area contributed by atoms with Crippen LogP contribution in [0.4, 0.5) is 0 Å². The van der Waals surface area contributed by atoms with E-state index in [4.69, 9.17) is 9.47 Å². The highest BCUT2D eigenvalue weighted by atomic mass is 79.9. The molecule has 7 nitrogen and oxygen atoms in total. The number of fused-ring (bicyclic) bond motifs is 1. The van der Waals surface area contributed by atoms with Crippen molar-refractivity contribution in [3.63, 3.8) is 0 Å². The largest absolute Gasteiger partial charge is 0.496 e. The third-order valence-corrected chi connectivity index (χ3v) is 7.47. The number of amides is 2. The molecule has 0 saturated carbocycles. The van der Waals surface area contributed by atoms with Crippen LogP contribution in [0.3, 0.4) is 0 Å². The fraction of sp³-hybridized carbons (Fsp3) is 0.531. The van der Waals surface area contributed by atoms with E-state index in [0.29, 0.717) is 41.6 Å². The summed E-state index contributed by atoms with van der Waals surface area (Å²) in [6, 6.07) is 6.53. The maximum atomic E-state index is 13.6. The van der Waals surface area contributed by atoms with Crippen molar-refractivity contribution in [2.75, 3.05) is 26.8 Å². The van der Waals surface area contributed by atoms with Crippen LogP contribution >= 0.6 is 27.3 Å². The first-order valence-electron chi connectivity index (χ1n) is 14.3. The monoisotopic (exact) mass is 648 g/mol. The van der Waals surface area contributed by atoms with Crippen LogP contribution < -0.4 is 4.74 Å². The summed E-state index contributed by atoms with van der Waals surface area (Å²) in [5.74, 6) is 4.99. The van der Waals surface area contributed by atoms with Crippen molar-refractivity contribution in [3.05, 3.63) is 50.1 Å². The highest BCUT2D eigenvalue weighted by Gasteiger charge is 2.42. The Morgan fingerprint density at radius 1 is 1.17 bits per heavy atom. The number of methoxy groups -OCH3 is 1. The highest BCUT2D eigenvalue weighted by molar-refractivity contribution is 9.10. The predicted molar refractivity (Wildman–Crippen MR) is 170 cm³/mol. The second-order valence-electron chi connectivity index (χ2n) is 9.60. The Bertz CT molecular complexity index is 1200. The molecule has 1 unspecified atom stereocenters. The van der Waals surface area contributed by atoms with Crippen LogP contribution in [-0.2, 0) is 25.5 Å². The topological polar surface area (TPSA) is 76.1 Å². The Kier molecular flexibility index (Phi) is 15.8. The summed E-state index contributed by atoms with van der Waals surface area (Å²) in [5.41, 5.74) is 0.925. The first-order chi connectivity index (χ1) is 19.6. The Morgan fingerprint density at radius 3 is 2.41 bits per heavy atom. The van der Waals surface area contributed by atoms with Gasteiger partial charge in [0.15, 0.2) is 6.04 Å². The minimum Gasteiger partial charge on any atom is -0.496 e. The van der Waals surface area contributed by atoms with E-state index in [9.17, 15) is 14.4 Å². The molecule has 0 fully saturated rings. The number of unbranched alkanes of at least 4 members (excludes halogenated alkanes) is 1. The van der Waals surface area contributed by atoms with Gasteiger partial charge in [-0.2, -0.15) is 0 Å². The van der Waals surface area contributed by atoms with Gasteiger partial charge in [0.2, 0.25) is 0 Å². The standard InChI is InChI=1S/C28H33BrN2O5S.2C2H6/c1-6-36-27(34)24-21-18-22(29)23(35-5)17-19(21)13-15-30(24)25(32)26(33)31(28(2,3)4)14-9-7-8-11-20-12-10-16-37-20;2*1-2/h10,12,16-18,24H,6-7,9,13-15H2,1-5H3;2*1-2H3. The zero-order valence-corrected chi connectivity index (χ0v) is 28.3. The van der Waals surface area contributed by atoms with Crippen molar-refractivity contribution in [1.82, 2.24) is 9.80 Å². The van der Waals surface area contributed by atoms with Crippen LogP contribution in [0, 0.1) is 11.8 Å². The highest BCUT2D eigenvalue weighted by Crippen LogP contribution is 2.38. The van der Waals surface area contributed by atoms with Gasteiger partial charge in [0.05, 0.1) is 23.1 Å². The number of benzene rings is 1. The SMILES string of the molecule is CC.CC.CCOC(=O)C1c2cc(Br)c(OC)cc2CCN1C(=O)C(=O)N(CCCC#Cc1cccs1)C(C)(C)C. The van der Waals surface area contributed by atoms with E-state index in [0.717, 1.165) is 10.4 Å². The number of rotatable bonds is 6. The predicted octanol–water partition coefficient (Wildman–Crippen LogP) is 7.02. The van der Waals surface area contributed by atoms with E-state index in [1.807, 2.05) is 72.0 Å². The zero-order valence-electron chi connectivity index (χ0n) is 25.9. The quantitative estimate of drug-likeness (QED) is 0.146. The number of hydrogen-bond acceptors (Lipinski definition) is 6. The van der Waals surface area contributed by atoms with Gasteiger partial charge in [-0.05, 0) is 91.2 Å². The van der Waals surface area contributed by atoms with Crippen molar-refractivity contribution < 1.29 is 23.9 Å². The normalized spacial score (nSPS) is 13.6. The van der Waals surface area contributed by atoms with E-state index in [1.165, 1.54) is 4.90 Å². The molecule has 1 atom stereocenters. The molecule has 3 rings (SSSR count). The van der Waals surface area contributed by atoms with Crippen LogP contribution in [0.15, 0.2) is 34.1 Å². The molecular weight excluding hydrogens is 604 g/mol.